The predicted octanol–water partition coefficient (Wildman–Crippen LogP) is 2.86. The molecule has 0 aromatic heterocycles. The van der Waals surface area contributed by atoms with E-state index in [-0.39, 0.29) is 12.4 Å². The van der Waals surface area contributed by atoms with E-state index in [0.717, 1.165) is 29.9 Å². The lowest BCUT2D eigenvalue weighted by Gasteiger charge is -2.10. The zero-order chi connectivity index (χ0) is 9.80. The maximum atomic E-state index is 5.70. The largest absolute Gasteiger partial charge is 0.493 e. The quantitative estimate of drug-likeness (QED) is 0.925. The van der Waals surface area contributed by atoms with Crippen molar-refractivity contribution in [3.63, 3.8) is 0 Å². The van der Waals surface area contributed by atoms with Gasteiger partial charge in [-0.05, 0) is 31.2 Å². The number of nitrogens with one attached hydrogen (secondary N) is 1. The first kappa shape index (κ1) is 12.8. The molecule has 2 rings (SSSR count). The average Bonchev–Trinajstić information content (AvgIpc) is 2.67. The summed E-state index contributed by atoms with van der Waals surface area (Å²) in [7, 11) is 0. The molecule has 1 aliphatic heterocycles. The van der Waals surface area contributed by atoms with Crippen LogP contribution in [-0.4, -0.2) is 19.7 Å². The lowest BCUT2D eigenvalue weighted by atomic mass is 10.1. The van der Waals surface area contributed by atoms with Crippen molar-refractivity contribution in [2.75, 3.05) is 19.7 Å². The van der Waals surface area contributed by atoms with E-state index >= 15 is 0 Å². The van der Waals surface area contributed by atoms with Crippen molar-refractivity contribution < 1.29 is 4.74 Å². The van der Waals surface area contributed by atoms with E-state index in [0.29, 0.717) is 5.92 Å². The minimum atomic E-state index is 0. The van der Waals surface area contributed by atoms with E-state index in [1.807, 2.05) is 24.3 Å². The standard InChI is InChI=1S/C11H14BrNO.ClH/c12-10-2-1-3-11(6-10)14-8-9-4-5-13-7-9;/h1-3,6,9,13H,4-5,7-8H2;1H/t9-;/m1./s1. The Balaban J connectivity index is 0.00000112. The summed E-state index contributed by atoms with van der Waals surface area (Å²) in [6, 6.07) is 7.99. The highest BCUT2D eigenvalue weighted by atomic mass is 79.9. The first-order chi connectivity index (χ1) is 6.84. The van der Waals surface area contributed by atoms with Gasteiger partial charge in [-0.1, -0.05) is 22.0 Å². The van der Waals surface area contributed by atoms with Gasteiger partial charge in [0.2, 0.25) is 0 Å². The predicted molar refractivity (Wildman–Crippen MR) is 67.9 cm³/mol. The van der Waals surface area contributed by atoms with Crippen LogP contribution in [0.25, 0.3) is 0 Å². The molecule has 0 aliphatic carbocycles. The van der Waals surface area contributed by atoms with Crippen LogP contribution in [0.4, 0.5) is 0 Å². The number of ether oxygens (including phenoxy) is 1. The minimum absolute atomic E-state index is 0. The van der Waals surface area contributed by atoms with Crippen molar-refractivity contribution in [1.29, 1.82) is 0 Å². The fourth-order valence-corrected chi connectivity index (χ4v) is 2.01. The van der Waals surface area contributed by atoms with Crippen LogP contribution in [0.1, 0.15) is 6.42 Å². The van der Waals surface area contributed by atoms with E-state index in [1.54, 1.807) is 0 Å². The maximum absolute atomic E-state index is 5.70. The van der Waals surface area contributed by atoms with E-state index in [1.165, 1.54) is 6.42 Å². The lowest BCUT2D eigenvalue weighted by molar-refractivity contribution is 0.260. The summed E-state index contributed by atoms with van der Waals surface area (Å²) in [5.74, 6) is 1.63. The smallest absolute Gasteiger partial charge is 0.120 e. The van der Waals surface area contributed by atoms with Crippen LogP contribution >= 0.6 is 28.3 Å². The minimum Gasteiger partial charge on any atom is -0.493 e. The molecule has 1 saturated heterocycles. The van der Waals surface area contributed by atoms with E-state index in [4.69, 9.17) is 4.74 Å². The monoisotopic (exact) mass is 291 g/mol. The first-order valence-corrected chi connectivity index (χ1v) is 5.73. The molecule has 1 aliphatic rings. The molecule has 0 amide bonds. The molecule has 0 spiro atoms. The molecule has 2 nitrogen and oxygen atoms in total. The van der Waals surface area contributed by atoms with Crippen LogP contribution in [0.2, 0.25) is 0 Å². The summed E-state index contributed by atoms with van der Waals surface area (Å²) in [5.41, 5.74) is 0. The van der Waals surface area contributed by atoms with Gasteiger partial charge in [-0.25, -0.2) is 0 Å². The number of hydrogen-bond acceptors (Lipinski definition) is 2. The van der Waals surface area contributed by atoms with Gasteiger partial charge in [0.05, 0.1) is 6.61 Å². The number of benzene rings is 1. The maximum Gasteiger partial charge on any atom is 0.120 e. The summed E-state index contributed by atoms with van der Waals surface area (Å²) >= 11 is 3.42. The van der Waals surface area contributed by atoms with E-state index in [2.05, 4.69) is 21.2 Å². The van der Waals surface area contributed by atoms with Crippen LogP contribution in [0.15, 0.2) is 28.7 Å². The molecule has 15 heavy (non-hydrogen) atoms. The fourth-order valence-electron chi connectivity index (χ4n) is 1.63. The summed E-state index contributed by atoms with van der Waals surface area (Å²) in [6.07, 6.45) is 1.23. The van der Waals surface area contributed by atoms with Gasteiger partial charge in [0.1, 0.15) is 5.75 Å². The Bertz CT molecular complexity index is 302. The van der Waals surface area contributed by atoms with Gasteiger partial charge in [0.25, 0.3) is 0 Å². The van der Waals surface area contributed by atoms with Crippen LogP contribution in [0.5, 0.6) is 5.75 Å². The second kappa shape index (κ2) is 6.36. The summed E-state index contributed by atoms with van der Waals surface area (Å²) in [6.45, 7) is 3.05. The average molecular weight is 293 g/mol. The zero-order valence-corrected chi connectivity index (χ0v) is 10.8. The Morgan fingerprint density at radius 2 is 2.33 bits per heavy atom. The van der Waals surface area contributed by atoms with Crippen LogP contribution in [0, 0.1) is 5.92 Å². The lowest BCUT2D eigenvalue weighted by Crippen LogP contribution is -2.15. The fraction of sp³-hybridized carbons (Fsp3) is 0.455. The van der Waals surface area contributed by atoms with E-state index < -0.39 is 0 Å². The van der Waals surface area contributed by atoms with Gasteiger partial charge < -0.3 is 10.1 Å². The van der Waals surface area contributed by atoms with Crippen molar-refractivity contribution in [3.8, 4) is 5.75 Å². The molecule has 0 bridgehead atoms. The van der Waals surface area contributed by atoms with Crippen molar-refractivity contribution in [3.05, 3.63) is 28.7 Å². The van der Waals surface area contributed by atoms with Crippen molar-refractivity contribution in [2.45, 2.75) is 6.42 Å². The van der Waals surface area contributed by atoms with Crippen LogP contribution < -0.4 is 10.1 Å². The van der Waals surface area contributed by atoms with Gasteiger partial charge in [-0.3, -0.25) is 0 Å². The van der Waals surface area contributed by atoms with Crippen molar-refractivity contribution in [2.24, 2.45) is 5.92 Å². The van der Waals surface area contributed by atoms with Gasteiger partial charge in [0.15, 0.2) is 0 Å². The molecular weight excluding hydrogens is 277 g/mol. The topological polar surface area (TPSA) is 21.3 Å². The van der Waals surface area contributed by atoms with Gasteiger partial charge in [-0.2, -0.15) is 0 Å². The molecule has 1 aromatic carbocycles. The van der Waals surface area contributed by atoms with Crippen LogP contribution in [0.3, 0.4) is 0 Å². The molecule has 4 heteroatoms. The highest BCUT2D eigenvalue weighted by molar-refractivity contribution is 9.10. The molecule has 1 fully saturated rings. The third kappa shape index (κ3) is 4.01. The molecule has 1 atom stereocenters. The Labute approximate surface area is 105 Å². The second-order valence-electron chi connectivity index (χ2n) is 3.63. The molecule has 1 heterocycles. The summed E-state index contributed by atoms with van der Waals surface area (Å²) in [4.78, 5) is 0. The molecule has 84 valence electrons. The number of rotatable bonds is 3. The van der Waals surface area contributed by atoms with Crippen LogP contribution in [-0.2, 0) is 0 Å². The Kier molecular flexibility index (Phi) is 5.43. The molecule has 1 N–H and O–H groups in total. The molecule has 0 unspecified atom stereocenters. The van der Waals surface area contributed by atoms with Gasteiger partial charge >= 0.3 is 0 Å². The molecule has 0 radical (unpaired) electrons. The van der Waals surface area contributed by atoms with Gasteiger partial charge in [-0.15, -0.1) is 12.4 Å². The molecule has 0 saturated carbocycles. The third-order valence-electron chi connectivity index (χ3n) is 2.44. The zero-order valence-electron chi connectivity index (χ0n) is 8.41. The summed E-state index contributed by atoms with van der Waals surface area (Å²) in [5, 5.41) is 3.33. The molecular formula is C11H15BrClNO. The normalized spacial score (nSPS) is 19.7. The number of hydrogen-bond donors (Lipinski definition) is 1. The Morgan fingerprint density at radius 3 is 3.00 bits per heavy atom. The van der Waals surface area contributed by atoms with E-state index in [9.17, 15) is 0 Å². The number of halogens is 2. The highest BCUT2D eigenvalue weighted by Gasteiger charge is 2.14. The summed E-state index contributed by atoms with van der Waals surface area (Å²) < 4.78 is 6.77. The third-order valence-corrected chi connectivity index (χ3v) is 2.94. The second-order valence-corrected chi connectivity index (χ2v) is 4.54. The SMILES string of the molecule is Brc1cccc(OC[C@@H]2CCNC2)c1.Cl. The Hall–Kier alpha value is -0.250. The highest BCUT2D eigenvalue weighted by Crippen LogP contribution is 2.19. The van der Waals surface area contributed by atoms with Crippen molar-refractivity contribution in [1.82, 2.24) is 5.32 Å². The molecule has 1 aromatic rings. The van der Waals surface area contributed by atoms with Crippen molar-refractivity contribution >= 4 is 28.3 Å². The van der Waals surface area contributed by atoms with Gasteiger partial charge in [0, 0.05) is 16.9 Å². The first-order valence-electron chi connectivity index (χ1n) is 4.94. The Morgan fingerprint density at radius 1 is 1.47 bits per heavy atom.